The number of carboxylic acid groups (broad SMARTS) is 1. The van der Waals surface area contributed by atoms with Crippen LogP contribution < -0.4 is 4.72 Å². The zero-order valence-electron chi connectivity index (χ0n) is 14.9. The van der Waals surface area contributed by atoms with Crippen LogP contribution in [0.1, 0.15) is 27.6 Å². The Morgan fingerprint density at radius 3 is 2.48 bits per heavy atom. The topological polar surface area (TPSA) is 117 Å². The molecule has 144 valence electrons. The number of nitrogens with one attached hydrogen (secondary N) is 1. The van der Waals surface area contributed by atoms with Crippen molar-refractivity contribution in [3.63, 3.8) is 0 Å². The summed E-state index contributed by atoms with van der Waals surface area (Å²) in [4.78, 5) is 26.0. The molecule has 2 unspecified atom stereocenters. The normalized spacial score (nSPS) is 20.0. The third kappa shape index (κ3) is 3.60. The van der Waals surface area contributed by atoms with Crippen molar-refractivity contribution in [2.24, 2.45) is 5.92 Å². The van der Waals surface area contributed by atoms with Crippen molar-refractivity contribution in [3.8, 4) is 0 Å². The average Bonchev–Trinajstić information content (AvgIpc) is 3.26. The van der Waals surface area contributed by atoms with Crippen LogP contribution in [0.5, 0.6) is 0 Å². The van der Waals surface area contributed by atoms with E-state index in [2.05, 4.69) is 4.72 Å². The van der Waals surface area contributed by atoms with E-state index in [4.69, 9.17) is 4.42 Å². The number of carbonyl (C=O) groups excluding carboxylic acids is 1. The molecule has 0 bridgehead atoms. The maximum absolute atomic E-state index is 12.9. The Morgan fingerprint density at radius 2 is 1.89 bits per heavy atom. The highest BCUT2D eigenvalue weighted by Crippen LogP contribution is 2.34. The van der Waals surface area contributed by atoms with Gasteiger partial charge in [0.2, 0.25) is 5.09 Å². The van der Waals surface area contributed by atoms with Gasteiger partial charge in [-0.15, -0.1) is 0 Å². The number of carbonyl (C=O) groups is 2. The summed E-state index contributed by atoms with van der Waals surface area (Å²) in [6.45, 7) is 1.78. The molecule has 27 heavy (non-hydrogen) atoms. The van der Waals surface area contributed by atoms with E-state index >= 15 is 0 Å². The molecule has 1 aliphatic heterocycles. The molecule has 1 saturated heterocycles. The second kappa shape index (κ2) is 7.16. The second-order valence-corrected chi connectivity index (χ2v) is 8.23. The number of benzene rings is 1. The van der Waals surface area contributed by atoms with Gasteiger partial charge in [-0.05, 0) is 19.5 Å². The molecule has 1 amide bonds. The predicted octanol–water partition coefficient (Wildman–Crippen LogP) is 1.44. The first kappa shape index (κ1) is 19.1. The van der Waals surface area contributed by atoms with E-state index in [9.17, 15) is 23.1 Å². The highest BCUT2D eigenvalue weighted by Gasteiger charge is 2.41. The van der Waals surface area contributed by atoms with Crippen molar-refractivity contribution in [2.45, 2.75) is 17.9 Å². The lowest BCUT2D eigenvalue weighted by Crippen LogP contribution is -2.30. The van der Waals surface area contributed by atoms with Crippen LogP contribution >= 0.6 is 0 Å². The standard InChI is InChI=1S/C18H20N2O6S/c1-11-13(8-16(26-11)27(24,25)19-2)17(21)20-9-14(15(10-20)18(22)23)12-6-4-3-5-7-12/h3-8,14-15,19H,9-10H2,1-2H3,(H,22,23). The first-order valence-electron chi connectivity index (χ1n) is 8.35. The first-order valence-corrected chi connectivity index (χ1v) is 9.84. The van der Waals surface area contributed by atoms with Crippen molar-refractivity contribution in [1.82, 2.24) is 9.62 Å². The van der Waals surface area contributed by atoms with Gasteiger partial charge in [0.25, 0.3) is 15.9 Å². The van der Waals surface area contributed by atoms with Gasteiger partial charge in [0, 0.05) is 25.1 Å². The van der Waals surface area contributed by atoms with Gasteiger partial charge in [-0.3, -0.25) is 9.59 Å². The summed E-state index contributed by atoms with van der Waals surface area (Å²) in [5.41, 5.74) is 0.962. The van der Waals surface area contributed by atoms with Crippen LogP contribution in [0.25, 0.3) is 0 Å². The fourth-order valence-corrected chi connectivity index (χ4v) is 4.04. The lowest BCUT2D eigenvalue weighted by atomic mass is 9.89. The molecule has 2 N–H and O–H groups in total. The van der Waals surface area contributed by atoms with Crippen LogP contribution in [0, 0.1) is 12.8 Å². The summed E-state index contributed by atoms with van der Waals surface area (Å²) < 4.78 is 31.1. The van der Waals surface area contributed by atoms with Gasteiger partial charge < -0.3 is 14.4 Å². The van der Waals surface area contributed by atoms with Crippen molar-refractivity contribution in [3.05, 3.63) is 53.3 Å². The van der Waals surface area contributed by atoms with Gasteiger partial charge in [-0.25, -0.2) is 13.1 Å². The van der Waals surface area contributed by atoms with E-state index < -0.39 is 27.8 Å². The zero-order valence-corrected chi connectivity index (χ0v) is 15.7. The minimum atomic E-state index is -3.82. The minimum Gasteiger partial charge on any atom is -0.481 e. The van der Waals surface area contributed by atoms with Crippen molar-refractivity contribution in [1.29, 1.82) is 0 Å². The number of aliphatic carboxylic acids is 1. The molecule has 3 rings (SSSR count). The van der Waals surface area contributed by atoms with Crippen molar-refractivity contribution < 1.29 is 27.5 Å². The Balaban J connectivity index is 1.89. The van der Waals surface area contributed by atoms with Gasteiger partial charge in [0.1, 0.15) is 5.76 Å². The molecule has 2 heterocycles. The third-order valence-corrected chi connectivity index (χ3v) is 6.08. The summed E-state index contributed by atoms with van der Waals surface area (Å²) in [6.07, 6.45) is 0. The van der Waals surface area contributed by atoms with Crippen LogP contribution in [0.3, 0.4) is 0 Å². The van der Waals surface area contributed by atoms with Gasteiger partial charge in [-0.2, -0.15) is 0 Å². The summed E-state index contributed by atoms with van der Waals surface area (Å²) in [5.74, 6) is -2.31. The van der Waals surface area contributed by atoms with E-state index in [1.54, 1.807) is 0 Å². The van der Waals surface area contributed by atoms with Crippen LogP contribution in [0.15, 0.2) is 45.9 Å². The Labute approximate surface area is 156 Å². The van der Waals surface area contributed by atoms with Crippen molar-refractivity contribution in [2.75, 3.05) is 20.1 Å². The lowest BCUT2D eigenvalue weighted by Gasteiger charge is -2.16. The molecule has 0 radical (unpaired) electrons. The highest BCUT2D eigenvalue weighted by atomic mass is 32.2. The van der Waals surface area contributed by atoms with E-state index in [1.165, 1.54) is 24.9 Å². The second-order valence-electron chi connectivity index (χ2n) is 6.41. The number of rotatable bonds is 5. The molecule has 2 aromatic rings. The van der Waals surface area contributed by atoms with Gasteiger partial charge in [0.15, 0.2) is 0 Å². The number of likely N-dealkylation sites (tertiary alicyclic amines) is 1. The molecular formula is C18H20N2O6S. The fourth-order valence-electron chi connectivity index (χ4n) is 3.33. The van der Waals surface area contributed by atoms with E-state index in [-0.39, 0.29) is 35.4 Å². The Kier molecular flexibility index (Phi) is 5.07. The first-order chi connectivity index (χ1) is 12.7. The molecule has 1 aromatic carbocycles. The maximum Gasteiger partial charge on any atom is 0.308 e. The average molecular weight is 392 g/mol. The molecule has 8 nitrogen and oxygen atoms in total. The number of hydrogen-bond donors (Lipinski definition) is 2. The molecule has 1 aliphatic rings. The quantitative estimate of drug-likeness (QED) is 0.795. The number of carboxylic acids is 1. The SMILES string of the molecule is CNS(=O)(=O)c1cc(C(=O)N2CC(C(=O)O)C(c3ccccc3)C2)c(C)o1. The summed E-state index contributed by atoms with van der Waals surface area (Å²) in [6, 6.07) is 10.4. The van der Waals surface area contributed by atoms with E-state index in [1.807, 2.05) is 30.3 Å². The van der Waals surface area contributed by atoms with Crippen LogP contribution in [0.4, 0.5) is 0 Å². The van der Waals surface area contributed by atoms with Crippen LogP contribution in [-0.4, -0.2) is 50.4 Å². The van der Waals surface area contributed by atoms with Gasteiger partial charge in [0.05, 0.1) is 11.5 Å². The minimum absolute atomic E-state index is 0.0481. The number of amides is 1. The Hall–Kier alpha value is -2.65. The predicted molar refractivity (Wildman–Crippen MR) is 95.9 cm³/mol. The molecule has 0 saturated carbocycles. The Bertz CT molecular complexity index is 967. The Morgan fingerprint density at radius 1 is 1.22 bits per heavy atom. The van der Waals surface area contributed by atoms with Gasteiger partial charge >= 0.3 is 5.97 Å². The molecule has 0 aliphatic carbocycles. The number of sulfonamides is 1. The summed E-state index contributed by atoms with van der Waals surface area (Å²) >= 11 is 0. The molecule has 2 atom stereocenters. The number of furan rings is 1. The van der Waals surface area contributed by atoms with Crippen LogP contribution in [0.2, 0.25) is 0 Å². The zero-order chi connectivity index (χ0) is 19.8. The monoisotopic (exact) mass is 392 g/mol. The smallest absolute Gasteiger partial charge is 0.308 e. The highest BCUT2D eigenvalue weighted by molar-refractivity contribution is 7.89. The lowest BCUT2D eigenvalue weighted by molar-refractivity contribution is -0.141. The van der Waals surface area contributed by atoms with Crippen LogP contribution in [-0.2, 0) is 14.8 Å². The maximum atomic E-state index is 12.9. The molecular weight excluding hydrogens is 372 g/mol. The molecule has 9 heteroatoms. The number of hydrogen-bond acceptors (Lipinski definition) is 5. The van der Waals surface area contributed by atoms with E-state index in [0.717, 1.165) is 5.56 Å². The van der Waals surface area contributed by atoms with Gasteiger partial charge in [-0.1, -0.05) is 30.3 Å². The molecule has 0 spiro atoms. The van der Waals surface area contributed by atoms with E-state index in [0.29, 0.717) is 0 Å². The van der Waals surface area contributed by atoms with Crippen molar-refractivity contribution >= 4 is 21.9 Å². The fraction of sp³-hybridized carbons (Fsp3) is 0.333. The third-order valence-electron chi connectivity index (χ3n) is 4.81. The largest absolute Gasteiger partial charge is 0.481 e. The molecule has 1 aromatic heterocycles. The number of nitrogens with zero attached hydrogens (tertiary/aromatic N) is 1. The summed E-state index contributed by atoms with van der Waals surface area (Å²) in [7, 11) is -2.57. The number of aryl methyl sites for hydroxylation is 1. The molecule has 1 fully saturated rings. The summed E-state index contributed by atoms with van der Waals surface area (Å²) in [5, 5.41) is 9.22.